The molecule has 1 aliphatic carbocycles. The number of aromatic nitrogens is 2. The van der Waals surface area contributed by atoms with Crippen LogP contribution in [0.4, 0.5) is 24.8 Å². The number of aryl methyl sites for hydroxylation is 1. The number of nitrogens with one attached hydrogen (secondary N) is 1. The van der Waals surface area contributed by atoms with Crippen molar-refractivity contribution in [2.45, 2.75) is 85.2 Å². The molecule has 1 aromatic heterocycles. The lowest BCUT2D eigenvalue weighted by Crippen LogP contribution is -2.29. The summed E-state index contributed by atoms with van der Waals surface area (Å²) in [5.74, 6) is 0.943. The second-order valence-corrected chi connectivity index (χ2v) is 11.8. The standard InChI is InChI=1S/C28H36F3N3O2/c1-17-11-21(16-26(3,4)14-17)34-24-12-18(2)19(15-27(5,6)35)13-23(24)33-25(34)32-20-7-9-22(10-8-20)36-28(29,30)31/h7-10,12-13,17,21,35H,11,14-16H2,1-6H3,(H,32,33)/t17-,21?/m0/s1. The smallest absolute Gasteiger partial charge is 0.406 e. The largest absolute Gasteiger partial charge is 0.573 e. The zero-order valence-electron chi connectivity index (χ0n) is 21.8. The van der Waals surface area contributed by atoms with Crippen LogP contribution < -0.4 is 10.1 Å². The number of alkyl halides is 3. The van der Waals surface area contributed by atoms with Gasteiger partial charge in [0, 0.05) is 18.2 Å². The molecule has 2 N–H and O–H groups in total. The number of fused-ring (bicyclic) bond motifs is 1. The molecule has 1 fully saturated rings. The molecule has 0 aliphatic heterocycles. The first kappa shape index (κ1) is 26.3. The molecular formula is C28H36F3N3O2. The summed E-state index contributed by atoms with van der Waals surface area (Å²) in [7, 11) is 0. The van der Waals surface area contributed by atoms with E-state index in [1.165, 1.54) is 12.1 Å². The molecule has 0 radical (unpaired) electrons. The molecule has 0 saturated heterocycles. The summed E-state index contributed by atoms with van der Waals surface area (Å²) in [6.07, 6.45) is -1.04. The Hall–Kier alpha value is -2.74. The first-order valence-corrected chi connectivity index (χ1v) is 12.5. The molecule has 196 valence electrons. The summed E-state index contributed by atoms with van der Waals surface area (Å²) in [6, 6.07) is 10.1. The summed E-state index contributed by atoms with van der Waals surface area (Å²) >= 11 is 0. The lowest BCUT2D eigenvalue weighted by Gasteiger charge is -2.40. The highest BCUT2D eigenvalue weighted by atomic mass is 19.4. The SMILES string of the molecule is Cc1cc2c(cc1CC(C)(C)O)nc(Nc1ccc(OC(F)(F)F)cc1)n2C1C[C@H](C)CC(C)(C)C1. The number of rotatable bonds is 6. The molecular weight excluding hydrogens is 467 g/mol. The van der Waals surface area contributed by atoms with Gasteiger partial charge in [0.1, 0.15) is 5.75 Å². The maximum absolute atomic E-state index is 12.6. The van der Waals surface area contributed by atoms with Gasteiger partial charge in [-0.3, -0.25) is 0 Å². The van der Waals surface area contributed by atoms with Crippen LogP contribution >= 0.6 is 0 Å². The van der Waals surface area contributed by atoms with E-state index in [9.17, 15) is 18.3 Å². The minimum Gasteiger partial charge on any atom is -0.406 e. The maximum Gasteiger partial charge on any atom is 0.573 e. The van der Waals surface area contributed by atoms with Gasteiger partial charge in [0.2, 0.25) is 5.95 Å². The van der Waals surface area contributed by atoms with E-state index in [-0.39, 0.29) is 17.2 Å². The van der Waals surface area contributed by atoms with Crippen LogP contribution in [0.2, 0.25) is 0 Å². The number of anilines is 2. The second kappa shape index (κ2) is 9.29. The molecule has 5 nitrogen and oxygen atoms in total. The molecule has 0 spiro atoms. The van der Waals surface area contributed by atoms with Gasteiger partial charge >= 0.3 is 6.36 Å². The monoisotopic (exact) mass is 503 g/mol. The molecule has 1 heterocycles. The van der Waals surface area contributed by atoms with E-state index in [2.05, 4.69) is 48.4 Å². The fourth-order valence-electron chi connectivity index (χ4n) is 5.76. The third kappa shape index (κ3) is 6.33. The highest BCUT2D eigenvalue weighted by Crippen LogP contribution is 2.46. The van der Waals surface area contributed by atoms with Crippen LogP contribution in [0.15, 0.2) is 36.4 Å². The highest BCUT2D eigenvalue weighted by Gasteiger charge is 2.35. The quantitative estimate of drug-likeness (QED) is 0.362. The van der Waals surface area contributed by atoms with Crippen molar-refractivity contribution in [3.63, 3.8) is 0 Å². The minimum absolute atomic E-state index is 0.183. The Balaban J connectivity index is 1.76. The van der Waals surface area contributed by atoms with Crippen LogP contribution in [0.3, 0.4) is 0 Å². The van der Waals surface area contributed by atoms with Crippen molar-refractivity contribution in [1.82, 2.24) is 9.55 Å². The van der Waals surface area contributed by atoms with Crippen LogP contribution in [0, 0.1) is 18.3 Å². The molecule has 0 amide bonds. The molecule has 2 atom stereocenters. The zero-order valence-corrected chi connectivity index (χ0v) is 21.8. The summed E-state index contributed by atoms with van der Waals surface area (Å²) in [5, 5.41) is 13.7. The summed E-state index contributed by atoms with van der Waals surface area (Å²) in [4.78, 5) is 4.93. The Kier molecular flexibility index (Phi) is 6.79. The number of imidazole rings is 1. The number of benzene rings is 2. The number of nitrogens with zero attached hydrogens (tertiary/aromatic N) is 2. The number of hydrogen-bond donors (Lipinski definition) is 2. The van der Waals surface area contributed by atoms with E-state index in [1.807, 2.05) is 6.07 Å². The second-order valence-electron chi connectivity index (χ2n) is 11.8. The molecule has 1 unspecified atom stereocenters. The van der Waals surface area contributed by atoms with Crippen molar-refractivity contribution in [3.8, 4) is 5.75 Å². The lowest BCUT2D eigenvalue weighted by molar-refractivity contribution is -0.274. The highest BCUT2D eigenvalue weighted by molar-refractivity contribution is 5.82. The van der Waals surface area contributed by atoms with Gasteiger partial charge in [-0.15, -0.1) is 13.2 Å². The zero-order chi connectivity index (χ0) is 26.5. The van der Waals surface area contributed by atoms with Gasteiger partial charge < -0.3 is 19.7 Å². The van der Waals surface area contributed by atoms with E-state index in [4.69, 9.17) is 4.98 Å². The van der Waals surface area contributed by atoms with Crippen molar-refractivity contribution in [2.24, 2.45) is 11.3 Å². The van der Waals surface area contributed by atoms with Crippen LogP contribution in [-0.4, -0.2) is 26.6 Å². The molecule has 1 saturated carbocycles. The van der Waals surface area contributed by atoms with Crippen molar-refractivity contribution in [1.29, 1.82) is 0 Å². The average Bonchev–Trinajstić information content (AvgIpc) is 3.02. The Bertz CT molecular complexity index is 1220. The third-order valence-corrected chi connectivity index (χ3v) is 6.84. The summed E-state index contributed by atoms with van der Waals surface area (Å²) in [5.41, 5.74) is 3.94. The van der Waals surface area contributed by atoms with Gasteiger partial charge in [-0.05, 0) is 98.9 Å². The van der Waals surface area contributed by atoms with E-state index in [0.717, 1.165) is 41.4 Å². The Morgan fingerprint density at radius 2 is 1.81 bits per heavy atom. The average molecular weight is 504 g/mol. The molecule has 4 rings (SSSR count). The topological polar surface area (TPSA) is 59.3 Å². The minimum atomic E-state index is -4.73. The number of aliphatic hydroxyl groups is 1. The van der Waals surface area contributed by atoms with Gasteiger partial charge in [0.25, 0.3) is 0 Å². The van der Waals surface area contributed by atoms with Gasteiger partial charge in [-0.2, -0.15) is 0 Å². The Labute approximate surface area is 210 Å². The van der Waals surface area contributed by atoms with E-state index in [1.54, 1.807) is 26.0 Å². The number of hydrogen-bond acceptors (Lipinski definition) is 4. The van der Waals surface area contributed by atoms with Crippen molar-refractivity contribution in [3.05, 3.63) is 47.5 Å². The lowest BCUT2D eigenvalue weighted by atomic mass is 9.70. The van der Waals surface area contributed by atoms with Crippen molar-refractivity contribution < 1.29 is 23.0 Å². The number of ether oxygens (including phenoxy) is 1. The predicted octanol–water partition coefficient (Wildman–Crippen LogP) is 7.69. The van der Waals surface area contributed by atoms with Crippen molar-refractivity contribution in [2.75, 3.05) is 5.32 Å². The summed E-state index contributed by atoms with van der Waals surface area (Å²) < 4.78 is 43.9. The van der Waals surface area contributed by atoms with E-state index < -0.39 is 12.0 Å². The molecule has 36 heavy (non-hydrogen) atoms. The number of halogens is 3. The van der Waals surface area contributed by atoms with Crippen LogP contribution in [0.1, 0.15) is 71.0 Å². The Morgan fingerprint density at radius 3 is 2.39 bits per heavy atom. The van der Waals surface area contributed by atoms with Gasteiger partial charge in [0.05, 0.1) is 16.6 Å². The third-order valence-electron chi connectivity index (χ3n) is 6.84. The van der Waals surface area contributed by atoms with Crippen LogP contribution in [-0.2, 0) is 6.42 Å². The summed E-state index contributed by atoms with van der Waals surface area (Å²) in [6.45, 7) is 12.5. The first-order valence-electron chi connectivity index (χ1n) is 12.5. The van der Waals surface area contributed by atoms with Gasteiger partial charge in [0.15, 0.2) is 0 Å². The molecule has 1 aliphatic rings. The van der Waals surface area contributed by atoms with Gasteiger partial charge in [-0.1, -0.05) is 20.8 Å². The van der Waals surface area contributed by atoms with Crippen molar-refractivity contribution >= 4 is 22.7 Å². The molecule has 2 aromatic carbocycles. The van der Waals surface area contributed by atoms with Crippen LogP contribution in [0.25, 0.3) is 11.0 Å². The molecule has 0 bridgehead atoms. The molecule has 3 aromatic rings. The van der Waals surface area contributed by atoms with E-state index >= 15 is 0 Å². The maximum atomic E-state index is 12.6. The van der Waals surface area contributed by atoms with E-state index in [0.29, 0.717) is 24.0 Å². The Morgan fingerprint density at radius 1 is 1.14 bits per heavy atom. The molecule has 8 heteroatoms. The predicted molar refractivity (Wildman–Crippen MR) is 137 cm³/mol. The normalized spacial score (nSPS) is 20.5. The first-order chi connectivity index (χ1) is 16.6. The van der Waals surface area contributed by atoms with Gasteiger partial charge in [-0.25, -0.2) is 4.98 Å². The van der Waals surface area contributed by atoms with Crippen LogP contribution in [0.5, 0.6) is 5.75 Å². The fraction of sp³-hybridized carbons (Fsp3) is 0.536. The fourth-order valence-corrected chi connectivity index (χ4v) is 5.76.